The molecule has 1 aromatic rings. The smallest absolute Gasteiger partial charge is 0.190 e. The van der Waals surface area contributed by atoms with Gasteiger partial charge < -0.3 is 0 Å². The highest BCUT2D eigenvalue weighted by Crippen LogP contribution is 2.39. The lowest BCUT2D eigenvalue weighted by molar-refractivity contribution is -0.111. The summed E-state index contributed by atoms with van der Waals surface area (Å²) < 4.78 is 0. The van der Waals surface area contributed by atoms with Crippen molar-refractivity contribution in [3.05, 3.63) is 58.7 Å². The third-order valence-corrected chi connectivity index (χ3v) is 3.26. The molecule has 0 N–H and O–H groups in total. The highest BCUT2D eigenvalue weighted by atomic mass is 35.5. The van der Waals surface area contributed by atoms with Crippen molar-refractivity contribution in [3.8, 4) is 0 Å². The predicted octanol–water partition coefficient (Wildman–Crippen LogP) is 3.21. The first kappa shape index (κ1) is 9.61. The zero-order chi connectivity index (χ0) is 11.1. The van der Waals surface area contributed by atoms with Gasteiger partial charge in [-0.1, -0.05) is 36.4 Å². The number of rotatable bonds is 1. The molecule has 0 aromatic heterocycles. The molecule has 3 rings (SSSR count). The lowest BCUT2D eigenvalue weighted by Gasteiger charge is -2.11. The average Bonchev–Trinajstić information content (AvgIpc) is 2.69. The Hall–Kier alpha value is -1.60. The number of fused-ring (bicyclic) bond motifs is 3. The van der Waals surface area contributed by atoms with Crippen molar-refractivity contribution in [2.75, 3.05) is 5.88 Å². The maximum Gasteiger partial charge on any atom is 0.190 e. The number of halogens is 1. The van der Waals surface area contributed by atoms with Gasteiger partial charge in [0.1, 0.15) is 0 Å². The molecule has 0 aliphatic heterocycles. The third-order valence-electron chi connectivity index (χ3n) is 2.97. The van der Waals surface area contributed by atoms with Crippen LogP contribution < -0.4 is 0 Å². The average molecular weight is 229 g/mol. The zero-order valence-electron chi connectivity index (χ0n) is 8.53. The van der Waals surface area contributed by atoms with Gasteiger partial charge in [0.25, 0.3) is 0 Å². The Kier molecular flexibility index (Phi) is 2.08. The van der Waals surface area contributed by atoms with E-state index < -0.39 is 0 Å². The molecule has 0 spiro atoms. The van der Waals surface area contributed by atoms with Crippen LogP contribution in [0.1, 0.15) is 11.1 Å². The van der Waals surface area contributed by atoms with Gasteiger partial charge >= 0.3 is 0 Å². The van der Waals surface area contributed by atoms with Gasteiger partial charge in [-0.15, -0.1) is 11.6 Å². The quantitative estimate of drug-likeness (QED) is 0.675. The number of allylic oxidation sites excluding steroid dienone is 5. The van der Waals surface area contributed by atoms with Crippen LogP contribution in [0.15, 0.2) is 47.6 Å². The minimum atomic E-state index is 0.0590. The van der Waals surface area contributed by atoms with Crippen LogP contribution in [0.3, 0.4) is 0 Å². The van der Waals surface area contributed by atoms with E-state index in [1.54, 1.807) is 0 Å². The normalized spacial score (nSPS) is 17.3. The summed E-state index contributed by atoms with van der Waals surface area (Å²) >= 11 is 5.73. The fourth-order valence-electron chi connectivity index (χ4n) is 2.15. The Morgan fingerprint density at radius 3 is 2.69 bits per heavy atom. The van der Waals surface area contributed by atoms with Crippen LogP contribution in [0.4, 0.5) is 0 Å². The number of benzene rings is 1. The number of hydrogen-bond donors (Lipinski definition) is 0. The summed E-state index contributed by atoms with van der Waals surface area (Å²) in [5.41, 5.74) is 4.72. The largest absolute Gasteiger partial charge is 0.289 e. The molecule has 16 heavy (non-hydrogen) atoms. The number of Topliss-reactive ketones (excluding diaryl/α,β-unsaturated/α-hetero) is 1. The van der Waals surface area contributed by atoms with Crippen molar-refractivity contribution in [3.63, 3.8) is 0 Å². The monoisotopic (exact) mass is 228 g/mol. The number of alkyl halides is 1. The van der Waals surface area contributed by atoms with Crippen molar-refractivity contribution in [1.29, 1.82) is 0 Å². The molecule has 0 radical (unpaired) electrons. The Morgan fingerprint density at radius 2 is 1.88 bits per heavy atom. The Labute approximate surface area is 98.7 Å². The van der Waals surface area contributed by atoms with Gasteiger partial charge in [0.2, 0.25) is 0 Å². The first-order chi connectivity index (χ1) is 7.81. The molecular formula is C14H9ClO. The molecule has 0 atom stereocenters. The Bertz CT molecular complexity index is 576. The van der Waals surface area contributed by atoms with Gasteiger partial charge in [-0.25, -0.2) is 0 Å². The van der Waals surface area contributed by atoms with Crippen molar-refractivity contribution in [2.45, 2.75) is 0 Å². The molecule has 0 saturated heterocycles. The van der Waals surface area contributed by atoms with Crippen LogP contribution in [0.2, 0.25) is 0 Å². The van der Waals surface area contributed by atoms with Crippen molar-refractivity contribution in [1.82, 2.24) is 0 Å². The fourth-order valence-corrected chi connectivity index (χ4v) is 2.36. The van der Waals surface area contributed by atoms with E-state index in [2.05, 4.69) is 0 Å². The minimum Gasteiger partial charge on any atom is -0.289 e. The summed E-state index contributed by atoms with van der Waals surface area (Å²) in [6.45, 7) is 0. The van der Waals surface area contributed by atoms with E-state index in [4.69, 9.17) is 11.6 Å². The lowest BCUT2D eigenvalue weighted by Crippen LogP contribution is -2.10. The fraction of sp³-hybridized carbons (Fsp3) is 0.0714. The van der Waals surface area contributed by atoms with E-state index in [-0.39, 0.29) is 11.7 Å². The minimum absolute atomic E-state index is 0.0590. The summed E-state index contributed by atoms with van der Waals surface area (Å²) in [5.74, 6) is 0.333. The second kappa shape index (κ2) is 3.46. The lowest BCUT2D eigenvalue weighted by atomic mass is 9.92. The van der Waals surface area contributed by atoms with Gasteiger partial charge in [-0.3, -0.25) is 4.79 Å². The van der Waals surface area contributed by atoms with E-state index in [0.29, 0.717) is 5.57 Å². The molecule has 78 valence electrons. The van der Waals surface area contributed by atoms with Gasteiger partial charge in [-0.2, -0.15) is 0 Å². The summed E-state index contributed by atoms with van der Waals surface area (Å²) in [5, 5.41) is 0. The molecule has 0 fully saturated rings. The number of ketones is 1. The maximum absolute atomic E-state index is 12.0. The van der Waals surface area contributed by atoms with Gasteiger partial charge in [-0.05, 0) is 22.8 Å². The van der Waals surface area contributed by atoms with E-state index in [9.17, 15) is 4.79 Å². The summed E-state index contributed by atoms with van der Waals surface area (Å²) in [6.07, 6.45) is 5.75. The van der Waals surface area contributed by atoms with Crippen LogP contribution >= 0.6 is 11.6 Å². The van der Waals surface area contributed by atoms with Crippen LogP contribution in [0.5, 0.6) is 0 Å². The second-order valence-corrected chi connectivity index (χ2v) is 4.15. The molecule has 1 aromatic carbocycles. The van der Waals surface area contributed by atoms with Crippen molar-refractivity contribution >= 4 is 29.0 Å². The van der Waals surface area contributed by atoms with Crippen molar-refractivity contribution in [2.24, 2.45) is 0 Å². The molecule has 0 amide bonds. The van der Waals surface area contributed by atoms with E-state index in [1.807, 2.05) is 42.5 Å². The third kappa shape index (κ3) is 1.22. The number of carbonyl (C=O) groups excluding carboxylic acids is 1. The Balaban J connectivity index is 2.19. The van der Waals surface area contributed by atoms with Crippen LogP contribution in [0, 0.1) is 0 Å². The van der Waals surface area contributed by atoms with Gasteiger partial charge in [0.15, 0.2) is 5.78 Å². The molecule has 0 saturated carbocycles. The molecule has 0 unspecified atom stereocenters. The highest BCUT2D eigenvalue weighted by Gasteiger charge is 2.27. The Morgan fingerprint density at radius 1 is 1.06 bits per heavy atom. The van der Waals surface area contributed by atoms with E-state index in [1.165, 1.54) is 0 Å². The molecule has 0 bridgehead atoms. The van der Waals surface area contributed by atoms with Crippen molar-refractivity contribution < 1.29 is 4.79 Å². The molecule has 2 heteroatoms. The van der Waals surface area contributed by atoms with Crippen LogP contribution in [-0.2, 0) is 4.79 Å². The second-order valence-electron chi connectivity index (χ2n) is 3.88. The molecular weight excluding hydrogens is 220 g/mol. The molecule has 2 aliphatic rings. The topological polar surface area (TPSA) is 17.1 Å². The highest BCUT2D eigenvalue weighted by molar-refractivity contribution is 6.31. The predicted molar refractivity (Wildman–Crippen MR) is 66.2 cm³/mol. The molecule has 2 aliphatic carbocycles. The number of carbonyl (C=O) groups is 1. The van der Waals surface area contributed by atoms with E-state index in [0.717, 1.165) is 22.3 Å². The maximum atomic E-state index is 12.0. The number of hydrogen-bond acceptors (Lipinski definition) is 1. The molecule has 0 heterocycles. The first-order valence-corrected chi connectivity index (χ1v) is 5.67. The van der Waals surface area contributed by atoms with Crippen LogP contribution in [0.25, 0.3) is 11.6 Å². The summed E-state index contributed by atoms with van der Waals surface area (Å²) in [6, 6.07) is 8.03. The molecule has 1 nitrogen and oxygen atoms in total. The zero-order valence-corrected chi connectivity index (χ0v) is 9.29. The summed E-state index contributed by atoms with van der Waals surface area (Å²) in [4.78, 5) is 12.0. The standard InChI is InChI=1S/C14H9ClO/c15-8-10-5-6-12-11-4-2-1-3-9(11)7-13(12)14(10)16/h1-7H,8H2. The first-order valence-electron chi connectivity index (χ1n) is 5.14. The van der Waals surface area contributed by atoms with Crippen LogP contribution in [-0.4, -0.2) is 11.7 Å². The van der Waals surface area contributed by atoms with Gasteiger partial charge in [0, 0.05) is 11.1 Å². The van der Waals surface area contributed by atoms with E-state index >= 15 is 0 Å². The summed E-state index contributed by atoms with van der Waals surface area (Å²) in [7, 11) is 0. The SMILES string of the molecule is O=C1C(CCl)=CC=C2C1=Cc1ccccc12. The van der Waals surface area contributed by atoms with Gasteiger partial charge in [0.05, 0.1) is 5.88 Å².